The monoisotopic (exact) mass is 432 g/mol. The molecule has 1 N–H and O–H groups in total. The molecular weight excluding hydrogens is 415 g/mol. The number of nitrogens with one attached hydrogen (secondary N) is 1. The van der Waals surface area contributed by atoms with Gasteiger partial charge in [-0.1, -0.05) is 24.6 Å². The van der Waals surface area contributed by atoms with Crippen molar-refractivity contribution < 1.29 is 18.7 Å². The van der Waals surface area contributed by atoms with Crippen molar-refractivity contribution in [3.63, 3.8) is 0 Å². The first-order valence-corrected chi connectivity index (χ1v) is 9.72. The number of rotatable bonds is 5. The Labute approximate surface area is 178 Å². The number of thiocarbonyl (C=S) groups is 1. The topological polar surface area (TPSA) is 58.6 Å². The lowest BCUT2D eigenvalue weighted by molar-refractivity contribution is -0.122. The Bertz CT molecular complexity index is 1010. The van der Waals surface area contributed by atoms with E-state index in [1.54, 1.807) is 18.2 Å². The number of halogens is 2. The quantitative estimate of drug-likeness (QED) is 0.429. The second-order valence-electron chi connectivity index (χ2n) is 6.46. The average Bonchev–Trinajstić information content (AvgIpc) is 2.68. The molecule has 1 saturated heterocycles. The number of carbonyl (C=O) groups excluding carboxylic acids is 2. The van der Waals surface area contributed by atoms with Crippen molar-refractivity contribution in [1.29, 1.82) is 0 Å². The average molecular weight is 433 g/mol. The van der Waals surface area contributed by atoms with Crippen LogP contribution >= 0.6 is 23.8 Å². The van der Waals surface area contributed by atoms with Gasteiger partial charge in [0.2, 0.25) is 0 Å². The molecule has 0 radical (unpaired) electrons. The van der Waals surface area contributed by atoms with Gasteiger partial charge >= 0.3 is 0 Å². The molecule has 0 unspecified atom stereocenters. The summed E-state index contributed by atoms with van der Waals surface area (Å²) in [4.78, 5) is 26.4. The smallest absolute Gasteiger partial charge is 0.270 e. The molecule has 0 aromatic heterocycles. The summed E-state index contributed by atoms with van der Waals surface area (Å²) in [6.07, 6.45) is 2.26. The fraction of sp³-hybridized carbons (Fsp3) is 0.190. The van der Waals surface area contributed by atoms with Gasteiger partial charge < -0.3 is 4.74 Å². The van der Waals surface area contributed by atoms with E-state index in [0.29, 0.717) is 22.0 Å². The molecule has 3 rings (SSSR count). The maximum atomic E-state index is 13.2. The van der Waals surface area contributed by atoms with Crippen LogP contribution in [0.4, 0.5) is 10.1 Å². The fourth-order valence-corrected chi connectivity index (χ4v) is 3.17. The Morgan fingerprint density at radius 3 is 2.55 bits per heavy atom. The molecule has 1 fully saturated rings. The van der Waals surface area contributed by atoms with Crippen molar-refractivity contribution in [3.8, 4) is 5.75 Å². The van der Waals surface area contributed by atoms with Crippen molar-refractivity contribution in [1.82, 2.24) is 5.32 Å². The molecular formula is C21H18ClFN2O3S. The van der Waals surface area contributed by atoms with E-state index in [1.807, 2.05) is 13.8 Å². The zero-order valence-electron chi connectivity index (χ0n) is 15.7. The van der Waals surface area contributed by atoms with Crippen LogP contribution in [0.3, 0.4) is 0 Å². The number of anilines is 1. The highest BCUT2D eigenvalue weighted by molar-refractivity contribution is 7.80. The lowest BCUT2D eigenvalue weighted by Crippen LogP contribution is -2.54. The second-order valence-corrected chi connectivity index (χ2v) is 7.25. The molecule has 2 amide bonds. The van der Waals surface area contributed by atoms with Crippen molar-refractivity contribution >= 4 is 52.5 Å². The number of carbonyl (C=O) groups is 2. The fourth-order valence-electron chi connectivity index (χ4n) is 2.65. The molecule has 1 atom stereocenters. The molecule has 0 spiro atoms. The summed E-state index contributed by atoms with van der Waals surface area (Å²) in [6.45, 7) is 3.94. The van der Waals surface area contributed by atoms with Crippen LogP contribution in [0.1, 0.15) is 25.8 Å². The third kappa shape index (κ3) is 4.63. The van der Waals surface area contributed by atoms with E-state index in [9.17, 15) is 14.0 Å². The Kier molecular flexibility index (Phi) is 6.30. The summed E-state index contributed by atoms with van der Waals surface area (Å²) in [5, 5.41) is 2.78. The van der Waals surface area contributed by atoms with E-state index in [4.69, 9.17) is 28.6 Å². The Balaban J connectivity index is 1.92. The molecule has 1 aliphatic rings. The number of amides is 2. The van der Waals surface area contributed by atoms with Gasteiger partial charge in [-0.3, -0.25) is 19.8 Å². The number of benzene rings is 2. The maximum absolute atomic E-state index is 13.2. The molecule has 0 aliphatic carbocycles. The highest BCUT2D eigenvalue weighted by Crippen LogP contribution is 2.29. The zero-order valence-corrected chi connectivity index (χ0v) is 17.3. The summed E-state index contributed by atoms with van der Waals surface area (Å²) < 4.78 is 18.9. The molecule has 29 heavy (non-hydrogen) atoms. The van der Waals surface area contributed by atoms with Crippen LogP contribution in [0.25, 0.3) is 6.08 Å². The molecule has 1 heterocycles. The van der Waals surface area contributed by atoms with Crippen molar-refractivity contribution in [2.45, 2.75) is 26.4 Å². The maximum Gasteiger partial charge on any atom is 0.270 e. The third-order valence-corrected chi connectivity index (χ3v) is 4.94. The lowest BCUT2D eigenvalue weighted by Gasteiger charge is -2.28. The molecule has 5 nitrogen and oxygen atoms in total. The van der Waals surface area contributed by atoms with Crippen LogP contribution in [0.15, 0.2) is 48.0 Å². The van der Waals surface area contributed by atoms with Gasteiger partial charge in [0.25, 0.3) is 11.8 Å². The SMILES string of the molecule is CC[C@H](C)Oc1ccc(/C=C2\C(=O)NC(=S)N(c3ccc(F)cc3)C2=O)cc1Cl. The van der Waals surface area contributed by atoms with Crippen LogP contribution in [-0.4, -0.2) is 23.0 Å². The molecule has 2 aromatic carbocycles. The van der Waals surface area contributed by atoms with Crippen LogP contribution in [-0.2, 0) is 9.59 Å². The molecule has 1 aliphatic heterocycles. The van der Waals surface area contributed by atoms with Crippen LogP contribution in [0.2, 0.25) is 5.02 Å². The summed E-state index contributed by atoms with van der Waals surface area (Å²) in [5.74, 6) is -1.15. The standard InChI is InChI=1S/C21H18ClFN2O3S/c1-3-12(2)28-18-9-4-13(11-17(18)22)10-16-19(26)24-21(29)25(20(16)27)15-7-5-14(23)6-8-15/h4-12H,3H2,1-2H3,(H,24,26,29)/b16-10+/t12-/m0/s1. The molecule has 150 valence electrons. The van der Waals surface area contributed by atoms with E-state index in [-0.39, 0.29) is 16.8 Å². The summed E-state index contributed by atoms with van der Waals surface area (Å²) >= 11 is 11.4. The Morgan fingerprint density at radius 1 is 1.24 bits per heavy atom. The normalized spacial score (nSPS) is 16.8. The first-order chi connectivity index (χ1) is 13.8. The van der Waals surface area contributed by atoms with Gasteiger partial charge in [0, 0.05) is 0 Å². The largest absolute Gasteiger partial charge is 0.489 e. The number of ether oxygens (including phenoxy) is 1. The van der Waals surface area contributed by atoms with E-state index < -0.39 is 17.6 Å². The van der Waals surface area contributed by atoms with E-state index in [1.165, 1.54) is 30.3 Å². The third-order valence-electron chi connectivity index (χ3n) is 4.36. The van der Waals surface area contributed by atoms with Gasteiger partial charge in [0.15, 0.2) is 5.11 Å². The van der Waals surface area contributed by atoms with E-state index in [0.717, 1.165) is 11.3 Å². The van der Waals surface area contributed by atoms with Gasteiger partial charge in [-0.05, 0) is 73.6 Å². The van der Waals surface area contributed by atoms with Crippen LogP contribution < -0.4 is 15.0 Å². The minimum atomic E-state index is -0.616. The van der Waals surface area contributed by atoms with Gasteiger partial charge in [-0.15, -0.1) is 0 Å². The first kappa shape index (κ1) is 21.0. The predicted molar refractivity (Wildman–Crippen MR) is 114 cm³/mol. The van der Waals surface area contributed by atoms with Gasteiger partial charge in [-0.2, -0.15) is 0 Å². The predicted octanol–water partition coefficient (Wildman–Crippen LogP) is 4.49. The van der Waals surface area contributed by atoms with Crippen molar-refractivity contribution in [2.75, 3.05) is 4.90 Å². The van der Waals surface area contributed by atoms with Gasteiger partial charge in [-0.25, -0.2) is 4.39 Å². The van der Waals surface area contributed by atoms with Gasteiger partial charge in [0.1, 0.15) is 17.1 Å². The second kappa shape index (κ2) is 8.71. The van der Waals surface area contributed by atoms with Crippen molar-refractivity contribution in [3.05, 3.63) is 64.4 Å². The Morgan fingerprint density at radius 2 is 1.93 bits per heavy atom. The molecule has 0 saturated carbocycles. The summed E-state index contributed by atoms with van der Waals surface area (Å²) in [6, 6.07) is 10.2. The minimum absolute atomic E-state index is 0.00712. The molecule has 2 aromatic rings. The van der Waals surface area contributed by atoms with Gasteiger partial charge in [0.05, 0.1) is 16.8 Å². The molecule has 0 bridgehead atoms. The first-order valence-electron chi connectivity index (χ1n) is 8.93. The highest BCUT2D eigenvalue weighted by atomic mass is 35.5. The zero-order chi connectivity index (χ0) is 21.1. The number of hydrogen-bond acceptors (Lipinski definition) is 4. The van der Waals surface area contributed by atoms with Crippen LogP contribution in [0, 0.1) is 5.82 Å². The lowest BCUT2D eigenvalue weighted by atomic mass is 10.1. The van der Waals surface area contributed by atoms with Crippen LogP contribution in [0.5, 0.6) is 5.75 Å². The highest BCUT2D eigenvalue weighted by Gasteiger charge is 2.34. The van der Waals surface area contributed by atoms with Crippen molar-refractivity contribution in [2.24, 2.45) is 0 Å². The van der Waals surface area contributed by atoms with E-state index in [2.05, 4.69) is 5.32 Å². The number of nitrogens with zero attached hydrogens (tertiary/aromatic N) is 1. The summed E-state index contributed by atoms with van der Waals surface area (Å²) in [5.41, 5.74) is 0.786. The van der Waals surface area contributed by atoms with E-state index >= 15 is 0 Å². The number of hydrogen-bond donors (Lipinski definition) is 1. The minimum Gasteiger partial charge on any atom is -0.489 e. The Hall–Kier alpha value is -2.77. The summed E-state index contributed by atoms with van der Waals surface area (Å²) in [7, 11) is 0. The molecule has 8 heteroatoms.